The van der Waals surface area contributed by atoms with Crippen molar-refractivity contribution in [3.05, 3.63) is 76.8 Å². The third-order valence-corrected chi connectivity index (χ3v) is 4.61. The summed E-state index contributed by atoms with van der Waals surface area (Å²) in [6, 6.07) is 13.5. The third-order valence-electron chi connectivity index (χ3n) is 4.29. The molecular formula is C22H15ClF2N2O3. The van der Waals surface area contributed by atoms with Gasteiger partial charge in [0.25, 0.3) is 5.91 Å². The molecule has 0 aliphatic heterocycles. The molecule has 1 heterocycles. The molecule has 0 bridgehead atoms. The number of amides is 1. The molecule has 152 valence electrons. The fraction of sp³-hybridized carbons (Fsp3) is 0.0909. The van der Waals surface area contributed by atoms with Gasteiger partial charge in [-0.15, -0.1) is 0 Å². The van der Waals surface area contributed by atoms with Crippen LogP contribution in [0.4, 0.5) is 14.5 Å². The molecule has 0 aliphatic carbocycles. The second-order valence-electron chi connectivity index (χ2n) is 6.36. The van der Waals surface area contributed by atoms with Crippen molar-refractivity contribution < 1.29 is 22.7 Å². The summed E-state index contributed by atoms with van der Waals surface area (Å²) in [5.41, 5.74) is 1.89. The zero-order valence-corrected chi connectivity index (χ0v) is 16.5. The van der Waals surface area contributed by atoms with Crippen LogP contribution in [0, 0.1) is 11.6 Å². The Balaban J connectivity index is 1.61. The molecule has 3 aromatic carbocycles. The summed E-state index contributed by atoms with van der Waals surface area (Å²) in [5.74, 6) is -1.78. The number of halogens is 3. The molecule has 4 rings (SSSR count). The number of carbonyl (C=O) groups excluding carboxylic acids is 1. The van der Waals surface area contributed by atoms with Crippen molar-refractivity contribution >= 4 is 34.3 Å². The Kier molecular flexibility index (Phi) is 5.37. The lowest BCUT2D eigenvalue weighted by molar-refractivity contribution is 0.102. The highest BCUT2D eigenvalue weighted by molar-refractivity contribution is 6.33. The maximum atomic E-state index is 13.6. The highest BCUT2D eigenvalue weighted by Crippen LogP contribution is 2.32. The lowest BCUT2D eigenvalue weighted by atomic mass is 10.2. The Morgan fingerprint density at radius 3 is 2.73 bits per heavy atom. The fourth-order valence-corrected chi connectivity index (χ4v) is 3.14. The normalized spacial score (nSPS) is 10.9. The molecule has 0 atom stereocenters. The summed E-state index contributed by atoms with van der Waals surface area (Å²) in [7, 11) is 0. The molecule has 0 unspecified atom stereocenters. The Bertz CT molecular complexity index is 1260. The van der Waals surface area contributed by atoms with Gasteiger partial charge in [-0.3, -0.25) is 4.79 Å². The number of carbonyl (C=O) groups is 1. The van der Waals surface area contributed by atoms with Crippen LogP contribution >= 0.6 is 11.6 Å². The molecule has 0 spiro atoms. The Morgan fingerprint density at radius 1 is 1.13 bits per heavy atom. The second-order valence-corrected chi connectivity index (χ2v) is 6.77. The first kappa shape index (κ1) is 19.8. The van der Waals surface area contributed by atoms with E-state index < -0.39 is 11.6 Å². The van der Waals surface area contributed by atoms with E-state index in [0.717, 1.165) is 12.1 Å². The number of oxazole rings is 1. The van der Waals surface area contributed by atoms with Crippen LogP contribution in [0.25, 0.3) is 22.6 Å². The smallest absolute Gasteiger partial charge is 0.255 e. The van der Waals surface area contributed by atoms with Crippen LogP contribution in [0.3, 0.4) is 0 Å². The Hall–Kier alpha value is -3.45. The lowest BCUT2D eigenvalue weighted by Gasteiger charge is -2.07. The van der Waals surface area contributed by atoms with Crippen molar-refractivity contribution in [2.45, 2.75) is 6.92 Å². The predicted octanol–water partition coefficient (Wildman–Crippen LogP) is 6.08. The van der Waals surface area contributed by atoms with Crippen LogP contribution in [0.15, 0.2) is 59.0 Å². The SMILES string of the molecule is CCOc1cccc(C(=O)Nc2ccc3oc(-c4cc(F)c(F)cc4Cl)nc3c2)c1. The van der Waals surface area contributed by atoms with E-state index >= 15 is 0 Å². The van der Waals surface area contributed by atoms with E-state index in [1.165, 1.54) is 0 Å². The minimum Gasteiger partial charge on any atom is -0.494 e. The van der Waals surface area contributed by atoms with Crippen LogP contribution in [-0.2, 0) is 0 Å². The fourth-order valence-electron chi connectivity index (χ4n) is 2.90. The van der Waals surface area contributed by atoms with Crippen LogP contribution in [0.5, 0.6) is 5.75 Å². The Labute approximate surface area is 175 Å². The average Bonchev–Trinajstić information content (AvgIpc) is 3.14. The van der Waals surface area contributed by atoms with Crippen LogP contribution in [-0.4, -0.2) is 17.5 Å². The number of benzene rings is 3. The third kappa shape index (κ3) is 3.97. The topological polar surface area (TPSA) is 64.4 Å². The number of aromatic nitrogens is 1. The standard InChI is InChI=1S/C22H15ClF2N2O3/c1-2-29-14-5-3-4-12(8-14)21(28)26-13-6-7-20-19(9-13)27-22(30-20)15-10-17(24)18(25)11-16(15)23/h3-11H,2H2,1H3,(H,26,28). The van der Waals surface area contributed by atoms with E-state index in [-0.39, 0.29) is 22.4 Å². The molecule has 0 saturated heterocycles. The first-order valence-electron chi connectivity index (χ1n) is 9.04. The largest absolute Gasteiger partial charge is 0.494 e. The monoisotopic (exact) mass is 428 g/mol. The van der Waals surface area contributed by atoms with E-state index in [9.17, 15) is 13.6 Å². The van der Waals surface area contributed by atoms with Gasteiger partial charge in [0.15, 0.2) is 17.2 Å². The molecule has 1 amide bonds. The summed E-state index contributed by atoms with van der Waals surface area (Å²) in [6.45, 7) is 2.36. The van der Waals surface area contributed by atoms with Gasteiger partial charge in [-0.25, -0.2) is 13.8 Å². The molecule has 0 aliphatic rings. The number of ether oxygens (including phenoxy) is 1. The summed E-state index contributed by atoms with van der Waals surface area (Å²) >= 11 is 5.99. The highest BCUT2D eigenvalue weighted by Gasteiger charge is 2.16. The molecule has 1 aromatic heterocycles. The first-order valence-corrected chi connectivity index (χ1v) is 9.42. The average molecular weight is 429 g/mol. The quantitative estimate of drug-likeness (QED) is 0.391. The molecule has 30 heavy (non-hydrogen) atoms. The van der Waals surface area contributed by atoms with E-state index in [2.05, 4.69) is 10.3 Å². The van der Waals surface area contributed by atoms with Crippen molar-refractivity contribution in [3.8, 4) is 17.2 Å². The van der Waals surface area contributed by atoms with Gasteiger partial charge in [-0.05, 0) is 55.5 Å². The molecule has 5 nitrogen and oxygen atoms in total. The van der Waals surface area contributed by atoms with Gasteiger partial charge in [0.05, 0.1) is 17.2 Å². The summed E-state index contributed by atoms with van der Waals surface area (Å²) in [6.07, 6.45) is 0. The molecule has 8 heteroatoms. The van der Waals surface area contributed by atoms with E-state index in [4.69, 9.17) is 20.8 Å². The molecule has 0 fully saturated rings. The molecular weight excluding hydrogens is 414 g/mol. The maximum Gasteiger partial charge on any atom is 0.255 e. The number of rotatable bonds is 5. The zero-order valence-electron chi connectivity index (χ0n) is 15.7. The van der Waals surface area contributed by atoms with Gasteiger partial charge in [0.2, 0.25) is 5.89 Å². The number of hydrogen-bond acceptors (Lipinski definition) is 4. The van der Waals surface area contributed by atoms with Crippen molar-refractivity contribution in [2.24, 2.45) is 0 Å². The van der Waals surface area contributed by atoms with Crippen molar-refractivity contribution in [1.29, 1.82) is 0 Å². The minimum absolute atomic E-state index is 0.0248. The molecule has 4 aromatic rings. The van der Waals surface area contributed by atoms with Gasteiger partial charge in [0.1, 0.15) is 11.3 Å². The summed E-state index contributed by atoms with van der Waals surface area (Å²) in [4.78, 5) is 16.8. The van der Waals surface area contributed by atoms with Gasteiger partial charge >= 0.3 is 0 Å². The number of nitrogens with zero attached hydrogens (tertiary/aromatic N) is 1. The number of fused-ring (bicyclic) bond motifs is 1. The number of nitrogens with one attached hydrogen (secondary N) is 1. The van der Waals surface area contributed by atoms with Gasteiger partial charge in [-0.2, -0.15) is 0 Å². The minimum atomic E-state index is -1.06. The van der Waals surface area contributed by atoms with Crippen LogP contribution in [0.2, 0.25) is 5.02 Å². The summed E-state index contributed by atoms with van der Waals surface area (Å²) in [5, 5.41) is 2.76. The first-order chi connectivity index (χ1) is 14.4. The maximum absolute atomic E-state index is 13.6. The highest BCUT2D eigenvalue weighted by atomic mass is 35.5. The number of anilines is 1. The van der Waals surface area contributed by atoms with Gasteiger partial charge in [-0.1, -0.05) is 17.7 Å². The van der Waals surface area contributed by atoms with Gasteiger partial charge in [0, 0.05) is 11.3 Å². The number of hydrogen-bond donors (Lipinski definition) is 1. The van der Waals surface area contributed by atoms with Crippen molar-refractivity contribution in [3.63, 3.8) is 0 Å². The van der Waals surface area contributed by atoms with Crippen LogP contribution in [0.1, 0.15) is 17.3 Å². The lowest BCUT2D eigenvalue weighted by Crippen LogP contribution is -2.11. The van der Waals surface area contributed by atoms with Crippen molar-refractivity contribution in [1.82, 2.24) is 4.98 Å². The van der Waals surface area contributed by atoms with E-state index in [1.807, 2.05) is 6.92 Å². The summed E-state index contributed by atoms with van der Waals surface area (Å²) < 4.78 is 37.9. The van der Waals surface area contributed by atoms with E-state index in [0.29, 0.717) is 34.7 Å². The van der Waals surface area contributed by atoms with Crippen LogP contribution < -0.4 is 10.1 Å². The molecule has 0 saturated carbocycles. The van der Waals surface area contributed by atoms with Gasteiger partial charge < -0.3 is 14.5 Å². The molecule has 0 radical (unpaired) electrons. The molecule has 1 N–H and O–H groups in total. The Morgan fingerprint density at radius 2 is 1.93 bits per heavy atom. The van der Waals surface area contributed by atoms with E-state index in [1.54, 1.807) is 42.5 Å². The van der Waals surface area contributed by atoms with Crippen molar-refractivity contribution in [2.75, 3.05) is 11.9 Å². The predicted molar refractivity (Wildman–Crippen MR) is 110 cm³/mol. The second kappa shape index (κ2) is 8.12. The zero-order chi connectivity index (χ0) is 21.3.